The Hall–Kier alpha value is -2.30. The number of nitrogens with two attached hydrogens (primary N) is 1. The highest BCUT2D eigenvalue weighted by Crippen LogP contribution is 2.11. The molecule has 88 valence electrons. The molecule has 0 radical (unpaired) electrons. The van der Waals surface area contributed by atoms with Crippen LogP contribution in [-0.4, -0.2) is 5.91 Å². The van der Waals surface area contributed by atoms with Crippen LogP contribution in [-0.2, 0) is 6.54 Å². The summed E-state index contributed by atoms with van der Waals surface area (Å²) in [6, 6.07) is 7.37. The van der Waals surface area contributed by atoms with Crippen LogP contribution in [0.5, 0.6) is 0 Å². The average Bonchev–Trinajstić information content (AvgIpc) is 2.78. The van der Waals surface area contributed by atoms with Crippen LogP contribution >= 0.6 is 0 Å². The van der Waals surface area contributed by atoms with Crippen LogP contribution in [0.2, 0.25) is 0 Å². The second kappa shape index (κ2) is 4.69. The van der Waals surface area contributed by atoms with Gasteiger partial charge in [0.15, 0.2) is 0 Å². The minimum atomic E-state index is -0.637. The van der Waals surface area contributed by atoms with E-state index in [1.165, 1.54) is 18.4 Å². The molecule has 0 spiro atoms. The zero-order chi connectivity index (χ0) is 12.3. The predicted octanol–water partition coefficient (Wildman–Crippen LogP) is 1.93. The van der Waals surface area contributed by atoms with E-state index in [1.807, 2.05) is 0 Å². The minimum absolute atomic E-state index is 0.0363. The van der Waals surface area contributed by atoms with E-state index in [1.54, 1.807) is 12.1 Å². The highest BCUT2D eigenvalue weighted by molar-refractivity contribution is 5.94. The molecular weight excluding hydrogens is 223 g/mol. The van der Waals surface area contributed by atoms with Gasteiger partial charge in [-0.2, -0.15) is 0 Å². The number of nitrogen functional groups attached to an aromatic ring is 1. The molecule has 5 heteroatoms. The summed E-state index contributed by atoms with van der Waals surface area (Å²) in [4.78, 5) is 11.6. The van der Waals surface area contributed by atoms with Gasteiger partial charge in [-0.05, 0) is 30.3 Å². The SMILES string of the molecule is Nc1ccc(C(=O)NCc2ccco2)c(F)c1. The average molecular weight is 234 g/mol. The molecule has 1 amide bonds. The zero-order valence-electron chi connectivity index (χ0n) is 8.94. The van der Waals surface area contributed by atoms with E-state index in [-0.39, 0.29) is 17.8 Å². The Bertz CT molecular complexity index is 523. The van der Waals surface area contributed by atoms with Crippen molar-refractivity contribution in [3.63, 3.8) is 0 Å². The van der Waals surface area contributed by atoms with Crippen molar-refractivity contribution < 1.29 is 13.6 Å². The maximum atomic E-state index is 13.4. The molecule has 1 heterocycles. The van der Waals surface area contributed by atoms with Crippen LogP contribution in [0.3, 0.4) is 0 Å². The summed E-state index contributed by atoms with van der Waals surface area (Å²) in [7, 11) is 0. The molecule has 0 aliphatic carbocycles. The molecule has 0 atom stereocenters. The first-order valence-corrected chi connectivity index (χ1v) is 5.02. The van der Waals surface area contributed by atoms with Gasteiger partial charge in [0.1, 0.15) is 11.6 Å². The number of rotatable bonds is 3. The van der Waals surface area contributed by atoms with E-state index < -0.39 is 11.7 Å². The smallest absolute Gasteiger partial charge is 0.254 e. The lowest BCUT2D eigenvalue weighted by Gasteiger charge is -2.05. The van der Waals surface area contributed by atoms with Gasteiger partial charge in [0.2, 0.25) is 0 Å². The standard InChI is InChI=1S/C12H11FN2O2/c13-11-6-8(14)3-4-10(11)12(16)15-7-9-2-1-5-17-9/h1-6H,7,14H2,(H,15,16). The third-order valence-corrected chi connectivity index (χ3v) is 2.24. The summed E-state index contributed by atoms with van der Waals surface area (Å²) >= 11 is 0. The lowest BCUT2D eigenvalue weighted by Crippen LogP contribution is -2.23. The fourth-order valence-electron chi connectivity index (χ4n) is 1.39. The summed E-state index contributed by atoms with van der Waals surface area (Å²) in [6.45, 7) is 0.218. The summed E-state index contributed by atoms with van der Waals surface area (Å²) in [5.41, 5.74) is 5.64. The molecule has 17 heavy (non-hydrogen) atoms. The van der Waals surface area contributed by atoms with Gasteiger partial charge in [-0.25, -0.2) is 4.39 Å². The van der Waals surface area contributed by atoms with Gasteiger partial charge in [-0.15, -0.1) is 0 Å². The Balaban J connectivity index is 2.04. The van der Waals surface area contributed by atoms with Crippen LogP contribution in [0, 0.1) is 5.82 Å². The Morgan fingerprint density at radius 2 is 2.24 bits per heavy atom. The normalized spacial score (nSPS) is 10.2. The molecule has 0 aliphatic heterocycles. The molecule has 0 saturated heterocycles. The summed E-state index contributed by atoms with van der Waals surface area (Å²) in [5, 5.41) is 2.55. The molecule has 0 bridgehead atoms. The molecule has 0 saturated carbocycles. The monoisotopic (exact) mass is 234 g/mol. The lowest BCUT2D eigenvalue weighted by atomic mass is 10.2. The van der Waals surface area contributed by atoms with E-state index in [2.05, 4.69) is 5.32 Å². The maximum absolute atomic E-state index is 13.4. The molecule has 3 N–H and O–H groups in total. The second-order valence-electron chi connectivity index (χ2n) is 3.50. The number of hydrogen-bond donors (Lipinski definition) is 2. The number of furan rings is 1. The Kier molecular flexibility index (Phi) is 3.09. The van der Waals surface area contributed by atoms with Crippen molar-refractivity contribution in [2.45, 2.75) is 6.54 Å². The third-order valence-electron chi connectivity index (χ3n) is 2.24. The van der Waals surface area contributed by atoms with Crippen LogP contribution in [0.25, 0.3) is 0 Å². The van der Waals surface area contributed by atoms with Gasteiger partial charge in [-0.3, -0.25) is 4.79 Å². The van der Waals surface area contributed by atoms with Gasteiger partial charge >= 0.3 is 0 Å². The van der Waals surface area contributed by atoms with E-state index in [9.17, 15) is 9.18 Å². The van der Waals surface area contributed by atoms with Crippen molar-refractivity contribution in [2.24, 2.45) is 0 Å². The van der Waals surface area contributed by atoms with E-state index in [0.29, 0.717) is 5.76 Å². The quantitative estimate of drug-likeness (QED) is 0.797. The first-order valence-electron chi connectivity index (χ1n) is 5.02. The Labute approximate surface area is 97.2 Å². The number of carbonyl (C=O) groups is 1. The molecule has 4 nitrogen and oxygen atoms in total. The fourth-order valence-corrected chi connectivity index (χ4v) is 1.39. The van der Waals surface area contributed by atoms with Gasteiger partial charge in [0.05, 0.1) is 18.4 Å². The molecule has 1 aromatic carbocycles. The maximum Gasteiger partial charge on any atom is 0.254 e. The first kappa shape index (κ1) is 11.2. The van der Waals surface area contributed by atoms with Crippen molar-refractivity contribution in [1.82, 2.24) is 5.32 Å². The molecular formula is C12H11FN2O2. The lowest BCUT2D eigenvalue weighted by molar-refractivity contribution is 0.0944. The van der Waals surface area contributed by atoms with Crippen molar-refractivity contribution in [1.29, 1.82) is 0 Å². The van der Waals surface area contributed by atoms with Crippen molar-refractivity contribution in [3.05, 3.63) is 53.7 Å². The molecule has 0 unspecified atom stereocenters. The molecule has 2 aromatic rings. The first-order chi connectivity index (χ1) is 8.16. The van der Waals surface area contributed by atoms with Crippen LogP contribution in [0.4, 0.5) is 10.1 Å². The largest absolute Gasteiger partial charge is 0.467 e. The van der Waals surface area contributed by atoms with Crippen molar-refractivity contribution in [2.75, 3.05) is 5.73 Å². The topological polar surface area (TPSA) is 68.3 Å². The van der Waals surface area contributed by atoms with Crippen LogP contribution in [0.15, 0.2) is 41.0 Å². The number of hydrogen-bond acceptors (Lipinski definition) is 3. The van der Waals surface area contributed by atoms with E-state index in [0.717, 1.165) is 6.07 Å². The summed E-state index contributed by atoms with van der Waals surface area (Å²) in [6.07, 6.45) is 1.51. The fraction of sp³-hybridized carbons (Fsp3) is 0.0833. The van der Waals surface area contributed by atoms with Crippen molar-refractivity contribution in [3.8, 4) is 0 Å². The molecule has 1 aromatic heterocycles. The number of benzene rings is 1. The van der Waals surface area contributed by atoms with Gasteiger partial charge in [0.25, 0.3) is 5.91 Å². The highest BCUT2D eigenvalue weighted by Gasteiger charge is 2.11. The van der Waals surface area contributed by atoms with E-state index in [4.69, 9.17) is 10.2 Å². The van der Waals surface area contributed by atoms with E-state index >= 15 is 0 Å². The second-order valence-corrected chi connectivity index (χ2v) is 3.50. The highest BCUT2D eigenvalue weighted by atomic mass is 19.1. The van der Waals surface area contributed by atoms with Gasteiger partial charge < -0.3 is 15.5 Å². The number of carbonyl (C=O) groups excluding carboxylic acids is 1. The molecule has 2 rings (SSSR count). The molecule has 0 fully saturated rings. The summed E-state index contributed by atoms with van der Waals surface area (Å²) < 4.78 is 18.4. The van der Waals surface area contributed by atoms with Crippen molar-refractivity contribution >= 4 is 11.6 Å². The number of halogens is 1. The minimum Gasteiger partial charge on any atom is -0.467 e. The van der Waals surface area contributed by atoms with Gasteiger partial charge in [0, 0.05) is 5.69 Å². The van der Waals surface area contributed by atoms with Crippen LogP contribution in [0.1, 0.15) is 16.1 Å². The Morgan fingerprint density at radius 1 is 1.41 bits per heavy atom. The third kappa shape index (κ3) is 2.63. The number of anilines is 1. The van der Waals surface area contributed by atoms with Gasteiger partial charge in [-0.1, -0.05) is 0 Å². The Morgan fingerprint density at radius 3 is 2.88 bits per heavy atom. The van der Waals surface area contributed by atoms with Crippen LogP contribution < -0.4 is 11.1 Å². The predicted molar refractivity (Wildman–Crippen MR) is 60.7 cm³/mol. The number of amides is 1. The number of nitrogens with one attached hydrogen (secondary N) is 1. The zero-order valence-corrected chi connectivity index (χ0v) is 8.94. The summed E-state index contributed by atoms with van der Waals surface area (Å²) in [5.74, 6) is -0.532. The molecule has 0 aliphatic rings.